The highest BCUT2D eigenvalue weighted by Crippen LogP contribution is 2.19. The zero-order chi connectivity index (χ0) is 11.3. The number of aromatic nitrogens is 1. The minimum atomic E-state index is 0.501. The molecule has 3 nitrogen and oxygen atoms in total. The lowest BCUT2D eigenvalue weighted by Gasteiger charge is -2.25. The van der Waals surface area contributed by atoms with E-state index in [1.807, 2.05) is 6.20 Å². The van der Waals surface area contributed by atoms with Gasteiger partial charge in [0.05, 0.1) is 6.61 Å². The van der Waals surface area contributed by atoms with E-state index in [4.69, 9.17) is 16.3 Å². The van der Waals surface area contributed by atoms with Gasteiger partial charge in [-0.25, -0.2) is 4.98 Å². The fourth-order valence-electron chi connectivity index (χ4n) is 1.29. The molecule has 1 aromatic heterocycles. The molecule has 0 fully saturated rings. The van der Waals surface area contributed by atoms with Crippen LogP contribution in [0.15, 0.2) is 6.20 Å². The SMILES string of the molecule is COCCN(Cc1cnc(Cl)s1)C(C)C. The van der Waals surface area contributed by atoms with E-state index in [1.54, 1.807) is 7.11 Å². The fraction of sp³-hybridized carbons (Fsp3) is 0.700. The maximum absolute atomic E-state index is 5.79. The van der Waals surface area contributed by atoms with Gasteiger partial charge in [0, 0.05) is 37.3 Å². The Morgan fingerprint density at radius 1 is 1.60 bits per heavy atom. The molecule has 5 heteroatoms. The summed E-state index contributed by atoms with van der Waals surface area (Å²) in [6, 6.07) is 0.501. The first-order valence-corrected chi connectivity index (χ1v) is 6.16. The molecule has 0 bridgehead atoms. The fourth-order valence-corrected chi connectivity index (χ4v) is 2.29. The molecule has 0 aliphatic heterocycles. The standard InChI is InChI=1S/C10H17ClN2OS/c1-8(2)13(4-5-14-3)7-9-6-12-10(11)15-9/h6,8H,4-5,7H2,1-3H3. The number of methoxy groups -OCH3 is 1. The van der Waals surface area contributed by atoms with Crippen molar-refractivity contribution in [3.63, 3.8) is 0 Å². The summed E-state index contributed by atoms with van der Waals surface area (Å²) in [5.74, 6) is 0. The van der Waals surface area contributed by atoms with Gasteiger partial charge in [-0.2, -0.15) is 0 Å². The zero-order valence-corrected chi connectivity index (χ0v) is 10.9. The minimum Gasteiger partial charge on any atom is -0.383 e. The van der Waals surface area contributed by atoms with Crippen molar-refractivity contribution in [1.29, 1.82) is 0 Å². The van der Waals surface area contributed by atoms with Gasteiger partial charge in [0.2, 0.25) is 0 Å². The average molecular weight is 249 g/mol. The van der Waals surface area contributed by atoms with Crippen molar-refractivity contribution in [3.8, 4) is 0 Å². The van der Waals surface area contributed by atoms with E-state index in [0.717, 1.165) is 19.7 Å². The maximum Gasteiger partial charge on any atom is 0.183 e. The summed E-state index contributed by atoms with van der Waals surface area (Å²) >= 11 is 7.33. The molecule has 0 spiro atoms. The molecular weight excluding hydrogens is 232 g/mol. The van der Waals surface area contributed by atoms with Crippen LogP contribution in [-0.2, 0) is 11.3 Å². The zero-order valence-electron chi connectivity index (χ0n) is 9.36. The molecule has 0 aromatic carbocycles. The highest BCUT2D eigenvalue weighted by molar-refractivity contribution is 7.15. The predicted molar refractivity (Wildman–Crippen MR) is 64.5 cm³/mol. The number of halogens is 1. The highest BCUT2D eigenvalue weighted by atomic mass is 35.5. The third-order valence-corrected chi connectivity index (χ3v) is 3.30. The van der Waals surface area contributed by atoms with E-state index < -0.39 is 0 Å². The van der Waals surface area contributed by atoms with Crippen LogP contribution in [0.25, 0.3) is 0 Å². The van der Waals surface area contributed by atoms with Gasteiger partial charge in [-0.3, -0.25) is 4.90 Å². The van der Waals surface area contributed by atoms with E-state index in [1.165, 1.54) is 16.2 Å². The Hall–Kier alpha value is -0.160. The lowest BCUT2D eigenvalue weighted by Crippen LogP contribution is -2.32. The molecule has 1 aromatic rings. The maximum atomic E-state index is 5.79. The van der Waals surface area contributed by atoms with Crippen molar-refractivity contribution in [1.82, 2.24) is 9.88 Å². The third kappa shape index (κ3) is 4.47. The van der Waals surface area contributed by atoms with E-state index in [0.29, 0.717) is 10.5 Å². The van der Waals surface area contributed by atoms with Crippen LogP contribution in [0.3, 0.4) is 0 Å². The molecule has 0 unspecified atom stereocenters. The monoisotopic (exact) mass is 248 g/mol. The van der Waals surface area contributed by atoms with Crippen LogP contribution in [-0.4, -0.2) is 36.2 Å². The van der Waals surface area contributed by atoms with Crippen molar-refractivity contribution in [2.24, 2.45) is 0 Å². The Kier molecular flexibility index (Phi) is 5.53. The van der Waals surface area contributed by atoms with Gasteiger partial charge in [0.15, 0.2) is 4.47 Å². The summed E-state index contributed by atoms with van der Waals surface area (Å²) in [6.07, 6.45) is 1.84. The minimum absolute atomic E-state index is 0.501. The van der Waals surface area contributed by atoms with Crippen LogP contribution in [0, 0.1) is 0 Å². The van der Waals surface area contributed by atoms with Crippen molar-refractivity contribution in [2.75, 3.05) is 20.3 Å². The van der Waals surface area contributed by atoms with Crippen molar-refractivity contribution < 1.29 is 4.74 Å². The van der Waals surface area contributed by atoms with E-state index in [2.05, 4.69) is 23.7 Å². The van der Waals surface area contributed by atoms with Crippen LogP contribution in [0.4, 0.5) is 0 Å². The number of nitrogens with zero attached hydrogens (tertiary/aromatic N) is 2. The lowest BCUT2D eigenvalue weighted by molar-refractivity contribution is 0.125. The molecule has 0 atom stereocenters. The highest BCUT2D eigenvalue weighted by Gasteiger charge is 2.11. The number of ether oxygens (including phenoxy) is 1. The topological polar surface area (TPSA) is 25.4 Å². The Bertz CT molecular complexity index is 291. The number of hydrogen-bond donors (Lipinski definition) is 0. The van der Waals surface area contributed by atoms with Gasteiger partial charge in [0.25, 0.3) is 0 Å². The van der Waals surface area contributed by atoms with Gasteiger partial charge in [-0.05, 0) is 13.8 Å². The van der Waals surface area contributed by atoms with Gasteiger partial charge < -0.3 is 4.74 Å². The van der Waals surface area contributed by atoms with Crippen molar-refractivity contribution >= 4 is 22.9 Å². The van der Waals surface area contributed by atoms with Crippen molar-refractivity contribution in [2.45, 2.75) is 26.4 Å². The Morgan fingerprint density at radius 2 is 2.33 bits per heavy atom. The van der Waals surface area contributed by atoms with Crippen LogP contribution in [0.1, 0.15) is 18.7 Å². The van der Waals surface area contributed by atoms with Crippen molar-refractivity contribution in [3.05, 3.63) is 15.5 Å². The van der Waals surface area contributed by atoms with E-state index in [-0.39, 0.29) is 0 Å². The smallest absolute Gasteiger partial charge is 0.183 e. The molecule has 0 N–H and O–H groups in total. The first-order valence-electron chi connectivity index (χ1n) is 4.96. The quantitative estimate of drug-likeness (QED) is 0.774. The molecule has 1 heterocycles. The molecule has 0 aliphatic rings. The Balaban J connectivity index is 2.50. The summed E-state index contributed by atoms with van der Waals surface area (Å²) in [5.41, 5.74) is 0. The third-order valence-electron chi connectivity index (χ3n) is 2.20. The van der Waals surface area contributed by atoms with Gasteiger partial charge in [-0.1, -0.05) is 11.6 Å². The van der Waals surface area contributed by atoms with Crippen LogP contribution in [0.2, 0.25) is 4.47 Å². The largest absolute Gasteiger partial charge is 0.383 e. The summed E-state index contributed by atoms with van der Waals surface area (Å²) in [5, 5.41) is 0. The first-order chi connectivity index (χ1) is 7.13. The molecule has 0 saturated heterocycles. The summed E-state index contributed by atoms with van der Waals surface area (Å²) in [7, 11) is 1.72. The first kappa shape index (κ1) is 12.9. The Labute approximate surface area is 100 Å². The normalized spacial score (nSPS) is 11.6. The average Bonchev–Trinajstić information content (AvgIpc) is 2.58. The molecule has 0 radical (unpaired) electrons. The van der Waals surface area contributed by atoms with Gasteiger partial charge >= 0.3 is 0 Å². The Morgan fingerprint density at radius 3 is 2.80 bits per heavy atom. The molecule has 0 aliphatic carbocycles. The second kappa shape index (κ2) is 6.43. The molecule has 0 saturated carbocycles. The van der Waals surface area contributed by atoms with Gasteiger partial charge in [-0.15, -0.1) is 11.3 Å². The van der Waals surface area contributed by atoms with Gasteiger partial charge in [0.1, 0.15) is 0 Å². The molecule has 0 amide bonds. The molecular formula is C10H17ClN2OS. The number of rotatable bonds is 6. The number of thiazole rings is 1. The summed E-state index contributed by atoms with van der Waals surface area (Å²) in [6.45, 7) is 6.94. The summed E-state index contributed by atoms with van der Waals surface area (Å²) < 4.78 is 5.70. The van der Waals surface area contributed by atoms with Crippen LogP contribution >= 0.6 is 22.9 Å². The van der Waals surface area contributed by atoms with Crippen LogP contribution in [0.5, 0.6) is 0 Å². The van der Waals surface area contributed by atoms with E-state index >= 15 is 0 Å². The second-order valence-electron chi connectivity index (χ2n) is 3.64. The molecule has 86 valence electrons. The predicted octanol–water partition coefficient (Wildman–Crippen LogP) is 2.65. The molecule has 1 rings (SSSR count). The van der Waals surface area contributed by atoms with E-state index in [9.17, 15) is 0 Å². The number of hydrogen-bond acceptors (Lipinski definition) is 4. The molecule has 15 heavy (non-hydrogen) atoms. The second-order valence-corrected chi connectivity index (χ2v) is 5.33. The van der Waals surface area contributed by atoms with Crippen LogP contribution < -0.4 is 0 Å². The summed E-state index contributed by atoms with van der Waals surface area (Å²) in [4.78, 5) is 7.57. The lowest BCUT2D eigenvalue weighted by atomic mass is 10.3.